The van der Waals surface area contributed by atoms with Crippen LogP contribution in [0.15, 0.2) is 35.3 Å². The first kappa shape index (κ1) is 18.4. The number of anilines is 1. The van der Waals surface area contributed by atoms with Crippen LogP contribution in [0.4, 0.5) is 5.69 Å². The van der Waals surface area contributed by atoms with Gasteiger partial charge in [-0.2, -0.15) is 9.78 Å². The molecule has 138 valence electrons. The van der Waals surface area contributed by atoms with Gasteiger partial charge in [0.15, 0.2) is 0 Å². The van der Waals surface area contributed by atoms with Crippen molar-refractivity contribution in [3.63, 3.8) is 0 Å². The molecule has 0 unspecified atom stereocenters. The Bertz CT molecular complexity index is 860. The fraction of sp³-hybridized carbons (Fsp3) is 0.389. The van der Waals surface area contributed by atoms with Crippen molar-refractivity contribution < 1.29 is 14.6 Å². The molecule has 3 rings (SSSR count). The molecule has 1 aromatic carbocycles. The number of para-hydroxylation sites is 1. The highest BCUT2D eigenvalue weighted by Crippen LogP contribution is 2.25. The van der Waals surface area contributed by atoms with Crippen LogP contribution in [0, 0.1) is 0 Å². The van der Waals surface area contributed by atoms with Gasteiger partial charge in [-0.05, 0) is 37.8 Å². The van der Waals surface area contributed by atoms with E-state index in [9.17, 15) is 14.7 Å². The van der Waals surface area contributed by atoms with Crippen molar-refractivity contribution in [1.82, 2.24) is 9.78 Å². The van der Waals surface area contributed by atoms with Gasteiger partial charge in [0, 0.05) is 6.04 Å². The lowest BCUT2D eigenvalue weighted by atomic mass is 9.93. The summed E-state index contributed by atoms with van der Waals surface area (Å²) in [6, 6.07) is 6.67. The Balaban J connectivity index is 1.91. The standard InChI is InChI=1S/C18H20ClN3O4/c1-26-18(25)13-4-2-3-5-15(13)22-17(24)16(19)14(10-20-22)21-11-6-8-12(23)9-7-11/h2-5,10-12,21,23H,6-9H2,1H3. The van der Waals surface area contributed by atoms with Gasteiger partial charge < -0.3 is 15.2 Å². The lowest BCUT2D eigenvalue weighted by Crippen LogP contribution is -2.30. The van der Waals surface area contributed by atoms with Crippen LogP contribution < -0.4 is 10.9 Å². The van der Waals surface area contributed by atoms with E-state index >= 15 is 0 Å². The molecule has 2 N–H and O–H groups in total. The number of carbonyl (C=O) groups excluding carboxylic acids is 1. The highest BCUT2D eigenvalue weighted by Gasteiger charge is 2.22. The summed E-state index contributed by atoms with van der Waals surface area (Å²) in [5.41, 5.74) is 0.454. The van der Waals surface area contributed by atoms with Gasteiger partial charge in [-0.15, -0.1) is 0 Å². The second kappa shape index (κ2) is 7.88. The predicted molar refractivity (Wildman–Crippen MR) is 98.1 cm³/mol. The van der Waals surface area contributed by atoms with Crippen molar-refractivity contribution in [3.05, 3.63) is 51.4 Å². The van der Waals surface area contributed by atoms with Crippen LogP contribution in [0.1, 0.15) is 36.0 Å². The molecular weight excluding hydrogens is 358 g/mol. The first-order valence-corrected chi connectivity index (χ1v) is 8.79. The third-order valence-corrected chi connectivity index (χ3v) is 4.88. The molecular formula is C18H20ClN3O4. The Labute approximate surface area is 155 Å². The lowest BCUT2D eigenvalue weighted by Gasteiger charge is -2.27. The van der Waals surface area contributed by atoms with Crippen LogP contribution in [0.2, 0.25) is 5.02 Å². The molecule has 1 aliphatic rings. The molecule has 1 fully saturated rings. The number of benzene rings is 1. The summed E-state index contributed by atoms with van der Waals surface area (Å²) >= 11 is 6.26. The Kier molecular flexibility index (Phi) is 5.58. The largest absolute Gasteiger partial charge is 0.465 e. The van der Waals surface area contributed by atoms with Crippen LogP contribution in [0.3, 0.4) is 0 Å². The number of carbonyl (C=O) groups is 1. The number of aliphatic hydroxyl groups excluding tert-OH is 1. The summed E-state index contributed by atoms with van der Waals surface area (Å²) in [6.45, 7) is 0. The van der Waals surface area contributed by atoms with E-state index in [0.717, 1.165) is 17.5 Å². The summed E-state index contributed by atoms with van der Waals surface area (Å²) in [5.74, 6) is -0.562. The van der Waals surface area contributed by atoms with Crippen molar-refractivity contribution in [2.24, 2.45) is 0 Å². The number of rotatable bonds is 4. The fourth-order valence-electron chi connectivity index (χ4n) is 3.09. The highest BCUT2D eigenvalue weighted by molar-refractivity contribution is 6.33. The summed E-state index contributed by atoms with van der Waals surface area (Å²) in [7, 11) is 1.27. The normalized spacial score (nSPS) is 19.8. The second-order valence-corrected chi connectivity index (χ2v) is 6.63. The van der Waals surface area contributed by atoms with E-state index in [-0.39, 0.29) is 22.7 Å². The number of esters is 1. The van der Waals surface area contributed by atoms with Crippen LogP contribution in [-0.4, -0.2) is 40.1 Å². The van der Waals surface area contributed by atoms with Gasteiger partial charge in [0.1, 0.15) is 5.02 Å². The Morgan fingerprint density at radius 2 is 2.00 bits per heavy atom. The number of ether oxygens (including phenoxy) is 1. The molecule has 26 heavy (non-hydrogen) atoms. The van der Waals surface area contributed by atoms with Gasteiger partial charge in [-0.25, -0.2) is 4.79 Å². The van der Waals surface area contributed by atoms with E-state index in [1.807, 2.05) is 0 Å². The Morgan fingerprint density at radius 3 is 2.69 bits per heavy atom. The first-order chi connectivity index (χ1) is 12.5. The zero-order chi connectivity index (χ0) is 18.7. The first-order valence-electron chi connectivity index (χ1n) is 8.41. The van der Waals surface area contributed by atoms with E-state index in [0.29, 0.717) is 24.2 Å². The van der Waals surface area contributed by atoms with Gasteiger partial charge in [0.05, 0.1) is 36.3 Å². The molecule has 1 aromatic heterocycles. The summed E-state index contributed by atoms with van der Waals surface area (Å²) < 4.78 is 5.84. The third kappa shape index (κ3) is 3.73. The number of methoxy groups -OCH3 is 1. The number of hydrogen-bond donors (Lipinski definition) is 2. The number of aromatic nitrogens is 2. The molecule has 1 heterocycles. The van der Waals surface area contributed by atoms with Gasteiger partial charge in [0.2, 0.25) is 0 Å². The molecule has 0 atom stereocenters. The molecule has 7 nitrogen and oxygen atoms in total. The van der Waals surface area contributed by atoms with Gasteiger partial charge >= 0.3 is 5.97 Å². The minimum Gasteiger partial charge on any atom is -0.465 e. The van der Waals surface area contributed by atoms with E-state index < -0.39 is 11.5 Å². The SMILES string of the molecule is COC(=O)c1ccccc1-n1ncc(NC2CCC(O)CC2)c(Cl)c1=O. The average molecular weight is 378 g/mol. The predicted octanol–water partition coefficient (Wildman–Crippen LogP) is 2.39. The molecule has 0 radical (unpaired) electrons. The van der Waals surface area contributed by atoms with E-state index in [2.05, 4.69) is 10.4 Å². The molecule has 8 heteroatoms. The molecule has 1 aliphatic carbocycles. The smallest absolute Gasteiger partial charge is 0.340 e. The van der Waals surface area contributed by atoms with Crippen LogP contribution in [0.25, 0.3) is 5.69 Å². The van der Waals surface area contributed by atoms with Gasteiger partial charge in [-0.1, -0.05) is 23.7 Å². The average Bonchev–Trinajstić information content (AvgIpc) is 2.67. The third-order valence-electron chi connectivity index (χ3n) is 4.51. The number of hydrogen-bond acceptors (Lipinski definition) is 6. The van der Waals surface area contributed by atoms with Gasteiger partial charge in [-0.3, -0.25) is 4.79 Å². The van der Waals surface area contributed by atoms with E-state index in [1.165, 1.54) is 13.3 Å². The van der Waals surface area contributed by atoms with Crippen LogP contribution in [-0.2, 0) is 4.74 Å². The van der Waals surface area contributed by atoms with Crippen LogP contribution >= 0.6 is 11.6 Å². The maximum Gasteiger partial charge on any atom is 0.340 e. The molecule has 0 aliphatic heterocycles. The van der Waals surface area contributed by atoms with E-state index in [4.69, 9.17) is 16.3 Å². The number of halogens is 1. The number of nitrogens with zero attached hydrogens (tertiary/aromatic N) is 2. The molecule has 2 aromatic rings. The quantitative estimate of drug-likeness (QED) is 0.794. The van der Waals surface area contributed by atoms with Crippen molar-refractivity contribution in [3.8, 4) is 5.69 Å². The minimum absolute atomic E-state index is 0.00536. The topological polar surface area (TPSA) is 93.5 Å². The fourth-order valence-corrected chi connectivity index (χ4v) is 3.27. The lowest BCUT2D eigenvalue weighted by molar-refractivity contribution is 0.0600. The molecule has 1 saturated carbocycles. The molecule has 0 amide bonds. The van der Waals surface area contributed by atoms with Crippen molar-refractivity contribution in [2.75, 3.05) is 12.4 Å². The molecule has 0 spiro atoms. The van der Waals surface area contributed by atoms with Crippen molar-refractivity contribution >= 4 is 23.3 Å². The summed E-state index contributed by atoms with van der Waals surface area (Å²) in [5, 5.41) is 17.0. The monoisotopic (exact) mass is 377 g/mol. The minimum atomic E-state index is -0.562. The van der Waals surface area contributed by atoms with Crippen molar-refractivity contribution in [1.29, 1.82) is 0 Å². The Morgan fingerprint density at radius 1 is 1.31 bits per heavy atom. The zero-order valence-electron chi connectivity index (χ0n) is 14.3. The number of aliphatic hydroxyl groups is 1. The molecule has 0 saturated heterocycles. The van der Waals surface area contributed by atoms with E-state index in [1.54, 1.807) is 24.3 Å². The maximum absolute atomic E-state index is 12.7. The summed E-state index contributed by atoms with van der Waals surface area (Å²) in [4.78, 5) is 24.6. The maximum atomic E-state index is 12.7. The Hall–Kier alpha value is -2.38. The van der Waals surface area contributed by atoms with Crippen LogP contribution in [0.5, 0.6) is 0 Å². The molecule has 0 bridgehead atoms. The van der Waals surface area contributed by atoms with Gasteiger partial charge in [0.25, 0.3) is 5.56 Å². The second-order valence-electron chi connectivity index (χ2n) is 6.25. The highest BCUT2D eigenvalue weighted by atomic mass is 35.5. The number of nitrogens with one attached hydrogen (secondary N) is 1. The zero-order valence-corrected chi connectivity index (χ0v) is 15.1. The van der Waals surface area contributed by atoms with Crippen molar-refractivity contribution in [2.45, 2.75) is 37.8 Å². The summed E-state index contributed by atoms with van der Waals surface area (Å²) in [6.07, 6.45) is 4.24.